The highest BCUT2D eigenvalue weighted by Gasteiger charge is 2.14. The SMILES string of the molecule is CC(C)C(O)CC(=O)NCc1cc(N(C)C)nc2ccccc12. The van der Waals surface area contributed by atoms with E-state index in [1.54, 1.807) is 0 Å². The second kappa shape index (κ2) is 7.42. The van der Waals surface area contributed by atoms with Crippen LogP contribution < -0.4 is 10.2 Å². The third-order valence-corrected chi connectivity index (χ3v) is 3.89. The van der Waals surface area contributed by atoms with Crippen molar-refractivity contribution in [3.8, 4) is 0 Å². The van der Waals surface area contributed by atoms with Gasteiger partial charge in [-0.2, -0.15) is 0 Å². The van der Waals surface area contributed by atoms with Crippen molar-refractivity contribution in [2.75, 3.05) is 19.0 Å². The van der Waals surface area contributed by atoms with Crippen molar-refractivity contribution in [3.05, 3.63) is 35.9 Å². The van der Waals surface area contributed by atoms with E-state index in [0.29, 0.717) is 6.54 Å². The maximum Gasteiger partial charge on any atom is 0.222 e. The maximum absolute atomic E-state index is 12.0. The lowest BCUT2D eigenvalue weighted by atomic mass is 10.0. The Balaban J connectivity index is 2.17. The maximum atomic E-state index is 12.0. The van der Waals surface area contributed by atoms with Gasteiger partial charge in [0.05, 0.1) is 18.0 Å². The van der Waals surface area contributed by atoms with Crippen LogP contribution in [0.4, 0.5) is 5.82 Å². The molecule has 1 atom stereocenters. The average Bonchev–Trinajstić information content (AvgIpc) is 2.52. The Morgan fingerprint density at radius 1 is 1.30 bits per heavy atom. The van der Waals surface area contributed by atoms with Crippen molar-refractivity contribution in [2.45, 2.75) is 32.9 Å². The molecule has 5 heteroatoms. The minimum atomic E-state index is -0.610. The van der Waals surface area contributed by atoms with Gasteiger partial charge in [0.1, 0.15) is 5.82 Å². The van der Waals surface area contributed by atoms with E-state index in [1.165, 1.54) is 0 Å². The second-order valence-corrected chi connectivity index (χ2v) is 6.34. The number of carbonyl (C=O) groups excluding carboxylic acids is 1. The molecular formula is C18H25N3O2. The van der Waals surface area contributed by atoms with Gasteiger partial charge in [0.2, 0.25) is 5.91 Å². The fraction of sp³-hybridized carbons (Fsp3) is 0.444. The first kappa shape index (κ1) is 17.2. The number of aromatic nitrogens is 1. The van der Waals surface area contributed by atoms with Crippen LogP contribution in [0.5, 0.6) is 0 Å². The third-order valence-electron chi connectivity index (χ3n) is 3.89. The summed E-state index contributed by atoms with van der Waals surface area (Å²) in [5, 5.41) is 13.7. The topological polar surface area (TPSA) is 65.5 Å². The number of anilines is 1. The highest BCUT2D eigenvalue weighted by molar-refractivity contribution is 5.85. The summed E-state index contributed by atoms with van der Waals surface area (Å²) >= 11 is 0. The summed E-state index contributed by atoms with van der Waals surface area (Å²) in [5.74, 6) is 0.788. The number of fused-ring (bicyclic) bond motifs is 1. The zero-order valence-electron chi connectivity index (χ0n) is 14.2. The molecule has 0 aliphatic rings. The fourth-order valence-corrected chi connectivity index (χ4v) is 2.30. The number of para-hydroxylation sites is 1. The minimum absolute atomic E-state index is 0.0721. The highest BCUT2D eigenvalue weighted by Crippen LogP contribution is 2.22. The molecule has 0 radical (unpaired) electrons. The zero-order valence-corrected chi connectivity index (χ0v) is 14.2. The first-order chi connectivity index (χ1) is 10.9. The summed E-state index contributed by atoms with van der Waals surface area (Å²) in [7, 11) is 3.89. The monoisotopic (exact) mass is 315 g/mol. The van der Waals surface area contributed by atoms with Crippen LogP contribution >= 0.6 is 0 Å². The molecule has 1 amide bonds. The number of hydrogen-bond acceptors (Lipinski definition) is 4. The van der Waals surface area contributed by atoms with Gasteiger partial charge in [-0.1, -0.05) is 32.0 Å². The number of aliphatic hydroxyl groups excluding tert-OH is 1. The molecule has 0 aliphatic heterocycles. The normalized spacial score (nSPS) is 12.4. The Hall–Kier alpha value is -2.14. The van der Waals surface area contributed by atoms with Crippen LogP contribution in [0.25, 0.3) is 10.9 Å². The average molecular weight is 315 g/mol. The van der Waals surface area contributed by atoms with Crippen molar-refractivity contribution >= 4 is 22.6 Å². The molecule has 0 fully saturated rings. The predicted octanol–water partition coefficient (Wildman–Crippen LogP) is 2.32. The number of nitrogens with one attached hydrogen (secondary N) is 1. The van der Waals surface area contributed by atoms with Gasteiger partial charge in [-0.05, 0) is 23.6 Å². The van der Waals surface area contributed by atoms with E-state index >= 15 is 0 Å². The molecule has 2 rings (SSSR count). The smallest absolute Gasteiger partial charge is 0.222 e. The fourth-order valence-electron chi connectivity index (χ4n) is 2.30. The molecule has 0 saturated heterocycles. The molecule has 124 valence electrons. The first-order valence-corrected chi connectivity index (χ1v) is 7.89. The number of benzene rings is 1. The van der Waals surface area contributed by atoms with E-state index in [4.69, 9.17) is 0 Å². The molecule has 2 aromatic rings. The van der Waals surface area contributed by atoms with E-state index in [2.05, 4.69) is 10.3 Å². The lowest BCUT2D eigenvalue weighted by molar-refractivity contribution is -0.123. The van der Waals surface area contributed by atoms with Gasteiger partial charge >= 0.3 is 0 Å². The first-order valence-electron chi connectivity index (χ1n) is 7.89. The standard InChI is InChI=1S/C18H25N3O2/c1-12(2)16(22)10-18(23)19-11-13-9-17(21(3)4)20-15-8-6-5-7-14(13)15/h5-9,12,16,22H,10-11H2,1-4H3,(H,19,23). The summed E-state index contributed by atoms with van der Waals surface area (Å²) in [5.41, 5.74) is 1.93. The molecular weight excluding hydrogens is 290 g/mol. The molecule has 1 heterocycles. The van der Waals surface area contributed by atoms with Crippen molar-refractivity contribution in [3.63, 3.8) is 0 Å². The van der Waals surface area contributed by atoms with E-state index in [1.807, 2.05) is 63.2 Å². The summed E-state index contributed by atoms with van der Waals surface area (Å²) in [6.45, 7) is 4.23. The van der Waals surface area contributed by atoms with Crippen LogP contribution in [-0.2, 0) is 11.3 Å². The molecule has 1 aromatic heterocycles. The zero-order chi connectivity index (χ0) is 17.0. The number of rotatable bonds is 6. The van der Waals surface area contributed by atoms with Crippen molar-refractivity contribution in [1.29, 1.82) is 0 Å². The summed E-state index contributed by atoms with van der Waals surface area (Å²) in [6, 6.07) is 9.88. The van der Waals surface area contributed by atoms with Gasteiger partial charge < -0.3 is 15.3 Å². The number of amides is 1. The summed E-state index contributed by atoms with van der Waals surface area (Å²) in [4.78, 5) is 18.5. The lowest BCUT2D eigenvalue weighted by Crippen LogP contribution is -2.29. The molecule has 0 bridgehead atoms. The molecule has 23 heavy (non-hydrogen) atoms. The Bertz CT molecular complexity index is 683. The minimum Gasteiger partial charge on any atom is -0.392 e. The Morgan fingerprint density at radius 2 is 2.00 bits per heavy atom. The number of carbonyl (C=O) groups is 1. The van der Waals surface area contributed by atoms with E-state index < -0.39 is 6.10 Å². The number of aliphatic hydroxyl groups is 1. The largest absolute Gasteiger partial charge is 0.392 e. The lowest BCUT2D eigenvalue weighted by Gasteiger charge is -2.17. The molecule has 5 nitrogen and oxygen atoms in total. The van der Waals surface area contributed by atoms with E-state index in [0.717, 1.165) is 22.3 Å². The van der Waals surface area contributed by atoms with Gasteiger partial charge in [0.15, 0.2) is 0 Å². The van der Waals surface area contributed by atoms with Crippen LogP contribution in [0.1, 0.15) is 25.8 Å². The summed E-state index contributed by atoms with van der Waals surface area (Å²) in [6.07, 6.45) is -0.483. The van der Waals surface area contributed by atoms with Gasteiger partial charge in [-0.25, -0.2) is 4.98 Å². The quantitative estimate of drug-likeness (QED) is 0.858. The molecule has 2 N–H and O–H groups in total. The van der Waals surface area contributed by atoms with Gasteiger partial charge in [-0.15, -0.1) is 0 Å². The van der Waals surface area contributed by atoms with Crippen LogP contribution in [0.2, 0.25) is 0 Å². The van der Waals surface area contributed by atoms with Crippen LogP contribution in [-0.4, -0.2) is 36.2 Å². The van der Waals surface area contributed by atoms with Gasteiger partial charge in [0.25, 0.3) is 0 Å². The Morgan fingerprint density at radius 3 is 2.65 bits per heavy atom. The molecule has 1 unspecified atom stereocenters. The van der Waals surface area contributed by atoms with Crippen molar-refractivity contribution in [2.24, 2.45) is 5.92 Å². The molecule has 0 saturated carbocycles. The van der Waals surface area contributed by atoms with Crippen LogP contribution in [0.15, 0.2) is 30.3 Å². The Labute approximate surface area is 137 Å². The van der Waals surface area contributed by atoms with Crippen LogP contribution in [0, 0.1) is 5.92 Å². The Kier molecular flexibility index (Phi) is 5.55. The number of nitrogens with zero attached hydrogens (tertiary/aromatic N) is 2. The summed E-state index contributed by atoms with van der Waals surface area (Å²) < 4.78 is 0. The molecule has 0 spiro atoms. The third kappa shape index (κ3) is 4.42. The second-order valence-electron chi connectivity index (χ2n) is 6.34. The number of pyridine rings is 1. The van der Waals surface area contributed by atoms with Crippen molar-refractivity contribution < 1.29 is 9.90 Å². The van der Waals surface area contributed by atoms with E-state index in [9.17, 15) is 9.90 Å². The van der Waals surface area contributed by atoms with Crippen molar-refractivity contribution in [1.82, 2.24) is 10.3 Å². The van der Waals surface area contributed by atoms with Gasteiger partial charge in [-0.3, -0.25) is 4.79 Å². The highest BCUT2D eigenvalue weighted by atomic mass is 16.3. The van der Waals surface area contributed by atoms with E-state index in [-0.39, 0.29) is 18.2 Å². The number of hydrogen-bond donors (Lipinski definition) is 2. The predicted molar refractivity (Wildman–Crippen MR) is 93.4 cm³/mol. The van der Waals surface area contributed by atoms with Gasteiger partial charge in [0, 0.05) is 26.0 Å². The molecule has 0 aliphatic carbocycles. The van der Waals surface area contributed by atoms with Crippen LogP contribution in [0.3, 0.4) is 0 Å². The molecule has 1 aromatic carbocycles.